The van der Waals surface area contributed by atoms with Crippen molar-refractivity contribution in [3.05, 3.63) is 24.7 Å². The van der Waals surface area contributed by atoms with Crippen molar-refractivity contribution in [2.75, 3.05) is 38.1 Å². The van der Waals surface area contributed by atoms with Gasteiger partial charge in [-0.25, -0.2) is 15.0 Å². The van der Waals surface area contributed by atoms with E-state index in [0.29, 0.717) is 18.1 Å². The molecule has 1 N–H and O–H groups in total. The molecule has 0 radical (unpaired) electrons. The van der Waals surface area contributed by atoms with Gasteiger partial charge in [-0.05, 0) is 45.6 Å². The third-order valence-corrected chi connectivity index (χ3v) is 5.03. The van der Waals surface area contributed by atoms with Gasteiger partial charge in [-0.2, -0.15) is 0 Å². The molecule has 2 aromatic rings. The van der Waals surface area contributed by atoms with Crippen LogP contribution in [0.4, 0.5) is 5.69 Å². The predicted molar refractivity (Wildman–Crippen MR) is 108 cm³/mol. The van der Waals surface area contributed by atoms with Crippen molar-refractivity contribution in [1.82, 2.24) is 25.2 Å². The van der Waals surface area contributed by atoms with Crippen molar-refractivity contribution < 1.29 is 4.79 Å². The lowest BCUT2D eigenvalue weighted by Crippen LogP contribution is -2.45. The second-order valence-electron chi connectivity index (χ2n) is 8.37. The van der Waals surface area contributed by atoms with Gasteiger partial charge in [-0.15, -0.1) is 0 Å². The zero-order chi connectivity index (χ0) is 19.4. The molecular weight excluding hydrogens is 340 g/mol. The number of likely N-dealkylation sites (N-methyl/N-ethyl adjacent to an activating group) is 1. The summed E-state index contributed by atoms with van der Waals surface area (Å²) in [6.07, 6.45) is 7.31. The fourth-order valence-electron chi connectivity index (χ4n) is 3.44. The molecule has 1 saturated heterocycles. The third kappa shape index (κ3) is 5.13. The lowest BCUT2D eigenvalue weighted by Gasteiger charge is -2.35. The first-order valence-electron chi connectivity index (χ1n) is 9.63. The molecule has 27 heavy (non-hydrogen) atoms. The topological polar surface area (TPSA) is 74.2 Å². The SMILES string of the molecule is CN(CC1CCN(c2ccnc3nccnc23)CC1)C(=O)CNC(C)(C)C. The maximum Gasteiger partial charge on any atom is 0.236 e. The number of amides is 1. The number of carbonyl (C=O) groups is 1. The molecule has 1 aliphatic rings. The summed E-state index contributed by atoms with van der Waals surface area (Å²) in [5, 5.41) is 3.27. The second-order valence-corrected chi connectivity index (χ2v) is 8.37. The summed E-state index contributed by atoms with van der Waals surface area (Å²) in [7, 11) is 1.91. The van der Waals surface area contributed by atoms with Crippen molar-refractivity contribution in [3.63, 3.8) is 0 Å². The van der Waals surface area contributed by atoms with E-state index >= 15 is 0 Å². The first-order valence-corrected chi connectivity index (χ1v) is 9.63. The number of aromatic nitrogens is 3. The molecule has 146 valence electrons. The monoisotopic (exact) mass is 370 g/mol. The number of rotatable bonds is 5. The van der Waals surface area contributed by atoms with Gasteiger partial charge in [-0.3, -0.25) is 4.79 Å². The quantitative estimate of drug-likeness (QED) is 0.869. The van der Waals surface area contributed by atoms with E-state index in [9.17, 15) is 4.79 Å². The Balaban J connectivity index is 1.53. The maximum absolute atomic E-state index is 12.3. The Kier molecular flexibility index (Phi) is 5.89. The minimum Gasteiger partial charge on any atom is -0.370 e. The lowest BCUT2D eigenvalue weighted by atomic mass is 9.96. The third-order valence-electron chi connectivity index (χ3n) is 5.03. The van der Waals surface area contributed by atoms with Crippen molar-refractivity contribution in [3.8, 4) is 0 Å². The molecule has 0 aliphatic carbocycles. The van der Waals surface area contributed by atoms with Gasteiger partial charge < -0.3 is 15.1 Å². The summed E-state index contributed by atoms with van der Waals surface area (Å²) in [4.78, 5) is 29.6. The van der Waals surface area contributed by atoms with Crippen LogP contribution in [0.2, 0.25) is 0 Å². The van der Waals surface area contributed by atoms with Gasteiger partial charge in [0.15, 0.2) is 5.65 Å². The van der Waals surface area contributed by atoms with Gasteiger partial charge >= 0.3 is 0 Å². The maximum atomic E-state index is 12.3. The highest BCUT2D eigenvalue weighted by molar-refractivity contribution is 5.85. The van der Waals surface area contributed by atoms with Crippen molar-refractivity contribution in [1.29, 1.82) is 0 Å². The first kappa shape index (κ1) is 19.5. The van der Waals surface area contributed by atoms with E-state index in [2.05, 4.69) is 45.9 Å². The van der Waals surface area contributed by atoms with Crippen molar-refractivity contribution in [2.45, 2.75) is 39.2 Å². The normalized spacial score (nSPS) is 15.9. The molecule has 0 saturated carbocycles. The fourth-order valence-corrected chi connectivity index (χ4v) is 3.44. The zero-order valence-electron chi connectivity index (χ0n) is 16.8. The van der Waals surface area contributed by atoms with Crippen LogP contribution in [0.15, 0.2) is 24.7 Å². The Morgan fingerprint density at radius 1 is 1.19 bits per heavy atom. The van der Waals surface area contributed by atoms with Crippen LogP contribution in [-0.4, -0.2) is 64.5 Å². The summed E-state index contributed by atoms with van der Waals surface area (Å²) >= 11 is 0. The highest BCUT2D eigenvalue weighted by atomic mass is 16.2. The molecule has 0 spiro atoms. The number of hydrogen-bond acceptors (Lipinski definition) is 6. The predicted octanol–water partition coefficient (Wildman–Crippen LogP) is 2.09. The molecule has 0 bridgehead atoms. The van der Waals surface area contributed by atoms with Crippen LogP contribution < -0.4 is 10.2 Å². The summed E-state index contributed by atoms with van der Waals surface area (Å²) < 4.78 is 0. The summed E-state index contributed by atoms with van der Waals surface area (Å²) in [5.41, 5.74) is 2.61. The van der Waals surface area contributed by atoms with E-state index < -0.39 is 0 Å². The van der Waals surface area contributed by atoms with Gasteiger partial charge in [0, 0.05) is 50.8 Å². The Bertz CT molecular complexity index is 774. The van der Waals surface area contributed by atoms with Gasteiger partial charge in [-0.1, -0.05) is 0 Å². The molecule has 0 unspecified atom stereocenters. The standard InChI is InChI=1S/C20H30N6O/c1-20(2,3)24-13-17(27)25(4)14-15-6-11-26(12-7-15)16-5-8-22-19-18(16)21-9-10-23-19/h5,8-10,15,24H,6-7,11-14H2,1-4H3. The van der Waals surface area contributed by atoms with Crippen molar-refractivity contribution in [2.24, 2.45) is 5.92 Å². The number of piperidine rings is 1. The fraction of sp³-hybridized carbons (Fsp3) is 0.600. The molecule has 3 rings (SSSR count). The summed E-state index contributed by atoms with van der Waals surface area (Å²) in [6, 6.07) is 2.02. The molecule has 0 atom stereocenters. The van der Waals surface area contributed by atoms with Crippen LogP contribution >= 0.6 is 0 Å². The van der Waals surface area contributed by atoms with E-state index in [0.717, 1.165) is 43.7 Å². The number of nitrogens with zero attached hydrogens (tertiary/aromatic N) is 5. The van der Waals surface area contributed by atoms with Gasteiger partial charge in [0.1, 0.15) is 5.52 Å². The Morgan fingerprint density at radius 2 is 1.85 bits per heavy atom. The minimum atomic E-state index is -0.0436. The molecule has 7 heteroatoms. The Labute approximate surface area is 161 Å². The minimum absolute atomic E-state index is 0.0436. The molecule has 7 nitrogen and oxygen atoms in total. The number of hydrogen-bond donors (Lipinski definition) is 1. The Hall–Kier alpha value is -2.28. The van der Waals surface area contributed by atoms with Crippen LogP contribution in [0.5, 0.6) is 0 Å². The number of nitrogens with one attached hydrogen (secondary N) is 1. The van der Waals surface area contributed by atoms with Gasteiger partial charge in [0.25, 0.3) is 0 Å². The Morgan fingerprint density at radius 3 is 2.56 bits per heavy atom. The van der Waals surface area contributed by atoms with Crippen LogP contribution in [0.25, 0.3) is 11.2 Å². The highest BCUT2D eigenvalue weighted by Crippen LogP contribution is 2.27. The zero-order valence-corrected chi connectivity index (χ0v) is 16.8. The molecule has 3 heterocycles. The van der Waals surface area contributed by atoms with E-state index in [4.69, 9.17) is 0 Å². The number of pyridine rings is 1. The highest BCUT2D eigenvalue weighted by Gasteiger charge is 2.24. The van der Waals surface area contributed by atoms with E-state index in [-0.39, 0.29) is 11.4 Å². The second kappa shape index (κ2) is 8.17. The molecule has 2 aromatic heterocycles. The average Bonchev–Trinajstić information content (AvgIpc) is 2.65. The van der Waals surface area contributed by atoms with E-state index in [1.54, 1.807) is 18.6 Å². The first-order chi connectivity index (χ1) is 12.8. The molecule has 1 amide bonds. The van der Waals surface area contributed by atoms with E-state index in [1.807, 2.05) is 18.0 Å². The van der Waals surface area contributed by atoms with Crippen LogP contribution in [0.1, 0.15) is 33.6 Å². The van der Waals surface area contributed by atoms with E-state index in [1.165, 1.54) is 0 Å². The van der Waals surface area contributed by atoms with Crippen LogP contribution in [0, 0.1) is 5.92 Å². The number of carbonyl (C=O) groups excluding carboxylic acids is 1. The van der Waals surface area contributed by atoms with Gasteiger partial charge in [0.2, 0.25) is 5.91 Å². The lowest BCUT2D eigenvalue weighted by molar-refractivity contribution is -0.129. The summed E-state index contributed by atoms with van der Waals surface area (Å²) in [6.45, 7) is 9.34. The van der Waals surface area contributed by atoms with Crippen LogP contribution in [-0.2, 0) is 4.79 Å². The largest absolute Gasteiger partial charge is 0.370 e. The van der Waals surface area contributed by atoms with Crippen LogP contribution in [0.3, 0.4) is 0 Å². The molecule has 1 fully saturated rings. The van der Waals surface area contributed by atoms with Gasteiger partial charge in [0.05, 0.1) is 12.2 Å². The number of anilines is 1. The molecule has 1 aliphatic heterocycles. The molecular formula is C20H30N6O. The molecule has 0 aromatic carbocycles. The smallest absolute Gasteiger partial charge is 0.236 e. The average molecular weight is 371 g/mol. The summed E-state index contributed by atoms with van der Waals surface area (Å²) in [5.74, 6) is 0.687. The van der Waals surface area contributed by atoms with Crippen molar-refractivity contribution >= 4 is 22.8 Å². The number of fused-ring (bicyclic) bond motifs is 1.